The van der Waals surface area contributed by atoms with E-state index in [1.807, 2.05) is 103 Å². The van der Waals surface area contributed by atoms with Gasteiger partial charge in [-0.1, -0.05) is 30.3 Å². The summed E-state index contributed by atoms with van der Waals surface area (Å²) in [5, 5.41) is 4.34. The van der Waals surface area contributed by atoms with E-state index in [9.17, 15) is 0 Å². The van der Waals surface area contributed by atoms with Gasteiger partial charge in [-0.05, 0) is 85.0 Å². The number of hydrogen-bond acceptors (Lipinski definition) is 8. The van der Waals surface area contributed by atoms with Crippen LogP contribution in [0.25, 0.3) is 44.6 Å². The minimum absolute atomic E-state index is 0. The minimum atomic E-state index is 0. The molecule has 0 aliphatic rings. The van der Waals surface area contributed by atoms with Gasteiger partial charge >= 0.3 is 19.5 Å². The number of benzene rings is 1. The van der Waals surface area contributed by atoms with E-state index < -0.39 is 0 Å². The maximum absolute atomic E-state index is 4.67. The van der Waals surface area contributed by atoms with Crippen molar-refractivity contribution in [2.24, 2.45) is 4.99 Å². The number of fused-ring (bicyclic) bond motifs is 3. The molecule has 0 aliphatic heterocycles. The van der Waals surface area contributed by atoms with Crippen LogP contribution in [0.2, 0.25) is 0 Å². The quantitative estimate of drug-likeness (QED) is 0.0834. The van der Waals surface area contributed by atoms with Gasteiger partial charge in [-0.25, -0.2) is 0 Å². The maximum Gasteiger partial charge on any atom is 2.00 e. The van der Waals surface area contributed by atoms with Crippen molar-refractivity contribution in [1.82, 2.24) is 29.9 Å². The summed E-state index contributed by atoms with van der Waals surface area (Å²) in [6.07, 6.45) is 10.6. The molecule has 9 heteroatoms. The van der Waals surface area contributed by atoms with Crippen LogP contribution in [0.15, 0.2) is 145 Å². The SMILES string of the molecule is S=C=Nc1cc2cccnc2c2ncccc12.[Ru+2].c1ccc(-c2ccccn2)nc1.c1ccc(-c2ccccn2)nc1. The van der Waals surface area contributed by atoms with Gasteiger partial charge in [0, 0.05) is 48.0 Å². The van der Waals surface area contributed by atoms with Gasteiger partial charge in [0.25, 0.3) is 0 Å². The summed E-state index contributed by atoms with van der Waals surface area (Å²) in [5.41, 5.74) is 6.16. The molecular weight excluding hydrogens is 628 g/mol. The summed E-state index contributed by atoms with van der Waals surface area (Å²) in [4.78, 5) is 29.6. The van der Waals surface area contributed by atoms with Gasteiger partial charge in [0.15, 0.2) is 0 Å². The maximum atomic E-state index is 4.67. The number of aromatic nitrogens is 6. The van der Waals surface area contributed by atoms with Crippen LogP contribution < -0.4 is 0 Å². The molecule has 42 heavy (non-hydrogen) atoms. The van der Waals surface area contributed by atoms with E-state index in [1.165, 1.54) is 0 Å². The van der Waals surface area contributed by atoms with Crippen LogP contribution in [0.3, 0.4) is 0 Å². The molecule has 0 saturated heterocycles. The number of thiocarbonyl (C=S) groups is 1. The van der Waals surface area contributed by atoms with E-state index in [0.29, 0.717) is 0 Å². The summed E-state index contributed by atoms with van der Waals surface area (Å²) in [5.74, 6) is 0. The van der Waals surface area contributed by atoms with Crippen molar-refractivity contribution in [3.8, 4) is 22.8 Å². The molecule has 0 atom stereocenters. The van der Waals surface area contributed by atoms with Gasteiger partial charge in [-0.3, -0.25) is 29.9 Å². The van der Waals surface area contributed by atoms with Crippen LogP contribution in [0, 0.1) is 0 Å². The predicted octanol–water partition coefficient (Wildman–Crippen LogP) is 7.80. The van der Waals surface area contributed by atoms with E-state index in [0.717, 1.165) is 50.3 Å². The van der Waals surface area contributed by atoms with E-state index >= 15 is 0 Å². The minimum Gasteiger partial charge on any atom is -0.255 e. The molecule has 7 rings (SSSR count). The second kappa shape index (κ2) is 15.7. The van der Waals surface area contributed by atoms with Crippen LogP contribution in [0.5, 0.6) is 0 Å². The van der Waals surface area contributed by atoms with Gasteiger partial charge in [0.1, 0.15) is 0 Å². The number of rotatable bonds is 3. The third-order valence-corrected chi connectivity index (χ3v) is 5.88. The number of aliphatic imine (C=N–C) groups is 1. The van der Waals surface area contributed by atoms with Crippen molar-refractivity contribution < 1.29 is 19.5 Å². The molecule has 0 unspecified atom stereocenters. The fourth-order valence-electron chi connectivity index (χ4n) is 3.96. The zero-order valence-corrected chi connectivity index (χ0v) is 24.7. The van der Waals surface area contributed by atoms with Crippen LogP contribution in [-0.2, 0) is 19.5 Å². The van der Waals surface area contributed by atoms with Crippen LogP contribution in [0.1, 0.15) is 0 Å². The first kappa shape index (κ1) is 30.0. The summed E-state index contributed by atoms with van der Waals surface area (Å²) < 4.78 is 0. The number of isothiocyanates is 1. The molecule has 0 spiro atoms. The second-order valence-corrected chi connectivity index (χ2v) is 8.62. The molecule has 0 N–H and O–H groups in total. The molecule has 0 amide bonds. The molecule has 0 aliphatic carbocycles. The molecular formula is C33H23N7RuS+2. The zero-order valence-electron chi connectivity index (χ0n) is 22.2. The molecule has 0 radical (unpaired) electrons. The fraction of sp³-hybridized carbons (Fsp3) is 0. The van der Waals surface area contributed by atoms with E-state index in [-0.39, 0.29) is 19.5 Å². The third kappa shape index (κ3) is 7.83. The van der Waals surface area contributed by atoms with Crippen molar-refractivity contribution in [2.45, 2.75) is 0 Å². The van der Waals surface area contributed by atoms with Crippen LogP contribution in [0.4, 0.5) is 5.69 Å². The Bertz CT molecular complexity index is 1740. The van der Waals surface area contributed by atoms with Gasteiger partial charge in [-0.2, -0.15) is 4.99 Å². The number of nitrogens with zero attached hydrogens (tertiary/aromatic N) is 7. The van der Waals surface area contributed by atoms with Crippen molar-refractivity contribution in [2.75, 3.05) is 0 Å². The summed E-state index contributed by atoms with van der Waals surface area (Å²) in [6.45, 7) is 0. The molecule has 0 fully saturated rings. The fourth-order valence-corrected chi connectivity index (χ4v) is 4.05. The summed E-state index contributed by atoms with van der Waals surface area (Å²) >= 11 is 4.67. The van der Waals surface area contributed by atoms with Crippen LogP contribution in [-0.4, -0.2) is 35.1 Å². The molecule has 202 valence electrons. The monoisotopic (exact) mass is 651 g/mol. The Kier molecular flexibility index (Phi) is 11.3. The van der Waals surface area contributed by atoms with Gasteiger partial charge in [0.2, 0.25) is 0 Å². The Balaban J connectivity index is 0.000000146. The number of pyridine rings is 6. The molecule has 7 aromatic rings. The van der Waals surface area contributed by atoms with E-state index in [2.05, 4.69) is 52.3 Å². The van der Waals surface area contributed by atoms with Crippen LogP contribution >= 0.6 is 12.2 Å². The molecule has 1 aromatic carbocycles. The Labute approximate surface area is 261 Å². The Morgan fingerprint density at radius 3 is 1.33 bits per heavy atom. The average molecular weight is 651 g/mol. The normalized spacial score (nSPS) is 9.71. The molecule has 6 heterocycles. The largest absolute Gasteiger partial charge is 2.00 e. The molecule has 7 nitrogen and oxygen atoms in total. The molecule has 0 bridgehead atoms. The zero-order chi connectivity index (χ0) is 28.1. The Morgan fingerprint density at radius 1 is 0.476 bits per heavy atom. The first-order chi connectivity index (χ1) is 20.3. The summed E-state index contributed by atoms with van der Waals surface area (Å²) in [6, 6.07) is 32.9. The molecule has 0 saturated carbocycles. The van der Waals surface area contributed by atoms with Crippen molar-refractivity contribution in [1.29, 1.82) is 0 Å². The first-order valence-electron chi connectivity index (χ1n) is 12.7. The van der Waals surface area contributed by atoms with Crippen molar-refractivity contribution in [3.05, 3.63) is 140 Å². The molecule has 6 aromatic heterocycles. The second-order valence-electron chi connectivity index (χ2n) is 8.43. The third-order valence-electron chi connectivity index (χ3n) is 5.79. The smallest absolute Gasteiger partial charge is 0.255 e. The predicted molar refractivity (Wildman–Crippen MR) is 167 cm³/mol. The Hall–Kier alpha value is -4.94. The van der Waals surface area contributed by atoms with Gasteiger partial charge in [-0.15, -0.1) is 0 Å². The van der Waals surface area contributed by atoms with Crippen molar-refractivity contribution in [3.63, 3.8) is 0 Å². The summed E-state index contributed by atoms with van der Waals surface area (Å²) in [7, 11) is 0. The standard InChI is InChI=1S/C13H7N3S.2C10H8N2.Ru/c17-8-16-11-7-9-3-1-5-14-12(9)13-10(11)4-2-6-15-13;2*1-3-7-11-9(5-1)10-6-2-4-8-12-10;/h1-7H;2*1-8H;/q;;;+2. The number of hydrogen-bond donors (Lipinski definition) is 0. The average Bonchev–Trinajstić information content (AvgIpc) is 3.07. The van der Waals surface area contributed by atoms with Gasteiger partial charge < -0.3 is 0 Å². The van der Waals surface area contributed by atoms with Crippen molar-refractivity contribution >= 4 is 44.9 Å². The van der Waals surface area contributed by atoms with E-state index in [1.54, 1.807) is 37.2 Å². The Morgan fingerprint density at radius 2 is 0.905 bits per heavy atom. The van der Waals surface area contributed by atoms with Gasteiger partial charge in [0.05, 0.1) is 44.7 Å². The topological polar surface area (TPSA) is 89.7 Å². The first-order valence-corrected chi connectivity index (χ1v) is 13.1. The van der Waals surface area contributed by atoms with E-state index in [4.69, 9.17) is 0 Å².